The number of aromatic nitrogens is 1. The molecule has 146 valence electrons. The van der Waals surface area contributed by atoms with E-state index in [4.69, 9.17) is 4.42 Å². The normalized spacial score (nSPS) is 11.2. The number of oxazole rings is 1. The van der Waals surface area contributed by atoms with Gasteiger partial charge >= 0.3 is 0 Å². The third-order valence-electron chi connectivity index (χ3n) is 4.14. The third-order valence-corrected chi connectivity index (χ3v) is 4.96. The molecular weight excluding hydrogens is 376 g/mol. The molecule has 0 bridgehead atoms. The van der Waals surface area contributed by atoms with Gasteiger partial charge in [0.05, 0.1) is 12.0 Å². The summed E-state index contributed by atoms with van der Waals surface area (Å²) in [5.74, 6) is -0.0529. The number of rotatable bonds is 8. The molecule has 1 aromatic heterocycles. The Balaban J connectivity index is 1.53. The molecule has 8 heteroatoms. The summed E-state index contributed by atoms with van der Waals surface area (Å²) in [4.78, 5) is 18.4. The number of hydrazone groups is 1. The first-order chi connectivity index (χ1) is 13.6. The van der Waals surface area contributed by atoms with Gasteiger partial charge in [-0.2, -0.15) is 5.10 Å². The van der Waals surface area contributed by atoms with Crippen LogP contribution < -0.4 is 10.3 Å². The van der Waals surface area contributed by atoms with Crippen LogP contribution in [0.2, 0.25) is 0 Å². The number of phenols is 1. The molecule has 7 nitrogen and oxygen atoms in total. The van der Waals surface area contributed by atoms with E-state index in [9.17, 15) is 9.90 Å². The SMILES string of the molecule is CCN(CC)c1ccc(/C=N\NC(=O)CSc2nc3ccccc3o2)c(O)c1. The largest absolute Gasteiger partial charge is 0.507 e. The second-order valence-corrected chi connectivity index (χ2v) is 6.87. The zero-order valence-corrected chi connectivity index (χ0v) is 16.6. The molecule has 0 unspecified atom stereocenters. The molecule has 0 fully saturated rings. The van der Waals surface area contributed by atoms with Crippen LogP contribution in [0, 0.1) is 0 Å². The molecule has 28 heavy (non-hydrogen) atoms. The van der Waals surface area contributed by atoms with Gasteiger partial charge < -0.3 is 14.4 Å². The second kappa shape index (κ2) is 9.27. The maximum atomic E-state index is 11.9. The first kappa shape index (κ1) is 19.8. The number of carbonyl (C=O) groups is 1. The van der Waals surface area contributed by atoms with Crippen LogP contribution in [0.5, 0.6) is 5.75 Å². The summed E-state index contributed by atoms with van der Waals surface area (Å²) in [5.41, 5.74) is 5.36. The topological polar surface area (TPSA) is 91.0 Å². The Morgan fingerprint density at radius 1 is 1.29 bits per heavy atom. The Kier molecular flexibility index (Phi) is 6.54. The molecule has 0 atom stereocenters. The van der Waals surface area contributed by atoms with E-state index in [-0.39, 0.29) is 17.4 Å². The Bertz CT molecular complexity index is 949. The van der Waals surface area contributed by atoms with Crippen molar-refractivity contribution in [3.05, 3.63) is 48.0 Å². The number of amides is 1. The van der Waals surface area contributed by atoms with Crippen LogP contribution in [0.1, 0.15) is 19.4 Å². The van der Waals surface area contributed by atoms with Gasteiger partial charge in [0.1, 0.15) is 11.3 Å². The van der Waals surface area contributed by atoms with Gasteiger partial charge in [-0.25, -0.2) is 10.4 Å². The van der Waals surface area contributed by atoms with Crippen LogP contribution in [-0.4, -0.2) is 41.1 Å². The number of aromatic hydroxyl groups is 1. The Labute approximate surface area is 167 Å². The lowest BCUT2D eigenvalue weighted by molar-refractivity contribution is -0.118. The van der Waals surface area contributed by atoms with E-state index in [1.54, 1.807) is 12.1 Å². The van der Waals surface area contributed by atoms with Gasteiger partial charge in [0.15, 0.2) is 5.58 Å². The predicted molar refractivity (Wildman–Crippen MR) is 112 cm³/mol. The zero-order chi connectivity index (χ0) is 19.9. The van der Waals surface area contributed by atoms with E-state index in [0.29, 0.717) is 16.4 Å². The van der Waals surface area contributed by atoms with Crippen LogP contribution in [0.15, 0.2) is 57.2 Å². The Morgan fingerprint density at radius 3 is 2.79 bits per heavy atom. The van der Waals surface area contributed by atoms with Crippen molar-refractivity contribution in [3.8, 4) is 5.75 Å². The number of hydrogen-bond donors (Lipinski definition) is 2. The number of para-hydroxylation sites is 2. The number of benzene rings is 2. The highest BCUT2D eigenvalue weighted by atomic mass is 32.2. The molecule has 0 spiro atoms. The Hall–Kier alpha value is -3.00. The molecule has 0 aliphatic rings. The van der Waals surface area contributed by atoms with E-state index in [0.717, 1.165) is 24.3 Å². The van der Waals surface area contributed by atoms with E-state index in [2.05, 4.69) is 34.3 Å². The number of anilines is 1. The first-order valence-corrected chi connectivity index (χ1v) is 9.97. The van der Waals surface area contributed by atoms with E-state index in [1.165, 1.54) is 18.0 Å². The molecule has 2 aromatic carbocycles. The van der Waals surface area contributed by atoms with Crippen molar-refractivity contribution in [2.24, 2.45) is 5.10 Å². The number of fused-ring (bicyclic) bond motifs is 1. The first-order valence-electron chi connectivity index (χ1n) is 8.99. The summed E-state index contributed by atoms with van der Waals surface area (Å²) >= 11 is 1.20. The molecule has 3 aromatic rings. The van der Waals surface area contributed by atoms with Crippen LogP contribution >= 0.6 is 11.8 Å². The van der Waals surface area contributed by atoms with Gasteiger partial charge in [-0.15, -0.1) is 0 Å². The maximum absolute atomic E-state index is 11.9. The maximum Gasteiger partial charge on any atom is 0.257 e. The van der Waals surface area contributed by atoms with Crippen LogP contribution in [0.25, 0.3) is 11.1 Å². The quantitative estimate of drug-likeness (QED) is 0.342. The van der Waals surface area contributed by atoms with Gasteiger partial charge in [-0.3, -0.25) is 4.79 Å². The third kappa shape index (κ3) is 4.83. The molecule has 0 radical (unpaired) electrons. The van der Waals surface area contributed by atoms with Crippen LogP contribution in [0.3, 0.4) is 0 Å². The number of carbonyl (C=O) groups excluding carboxylic acids is 1. The summed E-state index contributed by atoms with van der Waals surface area (Å²) in [6.07, 6.45) is 1.42. The van der Waals surface area contributed by atoms with Gasteiger partial charge in [-0.1, -0.05) is 23.9 Å². The van der Waals surface area contributed by atoms with Gasteiger partial charge in [-0.05, 0) is 38.1 Å². The molecule has 0 saturated heterocycles. The van der Waals surface area contributed by atoms with Gasteiger partial charge in [0.25, 0.3) is 11.1 Å². The predicted octanol–water partition coefficient (Wildman–Crippen LogP) is 3.62. The molecule has 0 aliphatic heterocycles. The van der Waals surface area contributed by atoms with Crippen LogP contribution in [0.4, 0.5) is 5.69 Å². The van der Waals surface area contributed by atoms with E-state index in [1.807, 2.05) is 30.3 Å². The lowest BCUT2D eigenvalue weighted by Crippen LogP contribution is -2.21. The van der Waals surface area contributed by atoms with Gasteiger partial charge in [0.2, 0.25) is 0 Å². The highest BCUT2D eigenvalue weighted by molar-refractivity contribution is 7.99. The highest BCUT2D eigenvalue weighted by Gasteiger charge is 2.09. The Morgan fingerprint density at radius 2 is 2.07 bits per heavy atom. The molecular formula is C20H22N4O3S. The summed E-state index contributed by atoms with van der Waals surface area (Å²) in [6, 6.07) is 12.8. The van der Waals surface area contributed by atoms with Crippen molar-refractivity contribution in [1.29, 1.82) is 0 Å². The molecule has 3 rings (SSSR count). The molecule has 0 saturated carbocycles. The van der Waals surface area contributed by atoms with Crippen molar-refractivity contribution in [2.45, 2.75) is 19.1 Å². The molecule has 1 amide bonds. The van der Waals surface area contributed by atoms with Crippen molar-refractivity contribution >= 4 is 40.7 Å². The number of nitrogens with zero attached hydrogens (tertiary/aromatic N) is 3. The minimum atomic E-state index is -0.289. The lowest BCUT2D eigenvalue weighted by atomic mass is 10.2. The minimum absolute atomic E-state index is 0.114. The van der Waals surface area contributed by atoms with E-state index < -0.39 is 0 Å². The monoisotopic (exact) mass is 398 g/mol. The zero-order valence-electron chi connectivity index (χ0n) is 15.8. The van der Waals surface area contributed by atoms with Crippen molar-refractivity contribution in [1.82, 2.24) is 10.4 Å². The van der Waals surface area contributed by atoms with Crippen LogP contribution in [-0.2, 0) is 4.79 Å². The average molecular weight is 398 g/mol. The summed E-state index contributed by atoms with van der Waals surface area (Å²) in [6.45, 7) is 5.84. The number of nitrogens with one attached hydrogen (secondary N) is 1. The fourth-order valence-electron chi connectivity index (χ4n) is 2.67. The minimum Gasteiger partial charge on any atom is -0.507 e. The van der Waals surface area contributed by atoms with Gasteiger partial charge in [0, 0.05) is 30.4 Å². The molecule has 1 heterocycles. The lowest BCUT2D eigenvalue weighted by Gasteiger charge is -2.21. The van der Waals surface area contributed by atoms with Crippen molar-refractivity contribution < 1.29 is 14.3 Å². The number of thioether (sulfide) groups is 1. The average Bonchev–Trinajstić information content (AvgIpc) is 3.12. The highest BCUT2D eigenvalue weighted by Crippen LogP contribution is 2.24. The smallest absolute Gasteiger partial charge is 0.257 e. The molecule has 0 aliphatic carbocycles. The fourth-order valence-corrected chi connectivity index (χ4v) is 3.30. The van der Waals surface area contributed by atoms with Crippen molar-refractivity contribution in [2.75, 3.05) is 23.7 Å². The standard InChI is InChI=1S/C20H22N4O3S/c1-3-24(4-2)15-10-9-14(17(25)11-15)12-21-23-19(26)13-28-20-22-16-7-5-6-8-18(16)27-20/h5-12,25H,3-4,13H2,1-2H3,(H,23,26)/b21-12-. The summed E-state index contributed by atoms with van der Waals surface area (Å²) in [7, 11) is 0. The summed E-state index contributed by atoms with van der Waals surface area (Å²) in [5, 5.41) is 14.5. The number of phenolic OH excluding ortho intramolecular Hbond substituents is 1. The number of hydrogen-bond acceptors (Lipinski definition) is 7. The summed E-state index contributed by atoms with van der Waals surface area (Å²) < 4.78 is 5.55. The molecule has 2 N–H and O–H groups in total. The fraction of sp³-hybridized carbons (Fsp3) is 0.250. The van der Waals surface area contributed by atoms with Crippen molar-refractivity contribution in [3.63, 3.8) is 0 Å². The van der Waals surface area contributed by atoms with E-state index >= 15 is 0 Å². The second-order valence-electron chi connectivity index (χ2n) is 5.94.